The first kappa shape index (κ1) is 32.7. The second kappa shape index (κ2) is 14.6. The van der Waals surface area contributed by atoms with Crippen LogP contribution in [0.2, 0.25) is 0 Å². The molecule has 1 aliphatic heterocycles. The van der Waals surface area contributed by atoms with Crippen molar-refractivity contribution >= 4 is 27.7 Å². The van der Waals surface area contributed by atoms with E-state index in [1.165, 1.54) is 5.56 Å². The molecule has 0 atom stereocenters. The SMILES string of the molecule is Cc1cccc(OCCCC(=O)N2CCCc3c(-c4cnn(Cc5cccc(CNC(=O)NCS(=O)(=O)O)c5)c4)cccc32)c1C. The van der Waals surface area contributed by atoms with Gasteiger partial charge >= 0.3 is 6.03 Å². The third-order valence-corrected chi connectivity index (χ3v) is 8.56. The lowest BCUT2D eigenvalue weighted by molar-refractivity contribution is -0.118. The number of anilines is 1. The smallest absolute Gasteiger partial charge is 0.315 e. The molecule has 242 valence electrons. The van der Waals surface area contributed by atoms with Crippen molar-refractivity contribution in [1.82, 2.24) is 20.4 Å². The molecular formula is C34H39N5O6S. The van der Waals surface area contributed by atoms with Crippen molar-refractivity contribution in [1.29, 1.82) is 0 Å². The minimum atomic E-state index is -4.29. The number of amides is 3. The van der Waals surface area contributed by atoms with Gasteiger partial charge in [-0.1, -0.05) is 48.5 Å². The van der Waals surface area contributed by atoms with E-state index in [0.717, 1.165) is 57.7 Å². The molecule has 3 aromatic carbocycles. The Bertz CT molecular complexity index is 1820. The molecule has 3 N–H and O–H groups in total. The van der Waals surface area contributed by atoms with Gasteiger partial charge in [0, 0.05) is 37.0 Å². The largest absolute Gasteiger partial charge is 0.493 e. The summed E-state index contributed by atoms with van der Waals surface area (Å²) >= 11 is 0. The molecule has 1 aliphatic rings. The number of hydrogen-bond donors (Lipinski definition) is 3. The Hall–Kier alpha value is -4.68. The van der Waals surface area contributed by atoms with Gasteiger partial charge in [0.05, 0.1) is 19.3 Å². The van der Waals surface area contributed by atoms with E-state index in [-0.39, 0.29) is 12.5 Å². The second-order valence-electron chi connectivity index (χ2n) is 11.4. The molecule has 5 rings (SSSR count). The summed E-state index contributed by atoms with van der Waals surface area (Å²) in [7, 11) is -4.29. The first-order chi connectivity index (χ1) is 22.1. The molecule has 4 aromatic rings. The molecule has 0 fully saturated rings. The highest BCUT2D eigenvalue weighted by molar-refractivity contribution is 7.85. The molecule has 0 unspecified atom stereocenters. The lowest BCUT2D eigenvalue weighted by Gasteiger charge is -2.31. The van der Waals surface area contributed by atoms with Crippen LogP contribution >= 0.6 is 0 Å². The van der Waals surface area contributed by atoms with Crippen molar-refractivity contribution in [3.63, 3.8) is 0 Å². The van der Waals surface area contributed by atoms with Gasteiger partial charge in [0.15, 0.2) is 0 Å². The second-order valence-corrected chi connectivity index (χ2v) is 12.9. The molecule has 0 radical (unpaired) electrons. The van der Waals surface area contributed by atoms with Crippen molar-refractivity contribution in [2.75, 3.05) is 23.9 Å². The van der Waals surface area contributed by atoms with E-state index in [0.29, 0.717) is 32.5 Å². The monoisotopic (exact) mass is 645 g/mol. The van der Waals surface area contributed by atoms with E-state index >= 15 is 0 Å². The van der Waals surface area contributed by atoms with E-state index in [1.807, 2.05) is 77.4 Å². The number of rotatable bonds is 12. The van der Waals surface area contributed by atoms with Gasteiger partial charge in [0.2, 0.25) is 5.91 Å². The third-order valence-electron chi connectivity index (χ3n) is 8.05. The molecule has 0 aliphatic carbocycles. The van der Waals surface area contributed by atoms with Crippen molar-refractivity contribution < 1.29 is 27.3 Å². The van der Waals surface area contributed by atoms with Crippen LogP contribution in [0.25, 0.3) is 11.1 Å². The fourth-order valence-electron chi connectivity index (χ4n) is 5.59. The van der Waals surface area contributed by atoms with Crippen LogP contribution in [0.1, 0.15) is 47.1 Å². The highest BCUT2D eigenvalue weighted by Crippen LogP contribution is 2.36. The Morgan fingerprint density at radius 2 is 1.80 bits per heavy atom. The molecule has 0 spiro atoms. The fraction of sp³-hybridized carbons (Fsp3) is 0.324. The molecule has 3 amide bonds. The Morgan fingerprint density at radius 3 is 2.63 bits per heavy atom. The molecule has 2 heterocycles. The summed E-state index contributed by atoms with van der Waals surface area (Å²) in [5.74, 6) is 0.110. The number of benzene rings is 3. The molecule has 1 aromatic heterocycles. The van der Waals surface area contributed by atoms with Crippen molar-refractivity contribution in [3.05, 3.63) is 101 Å². The number of urea groups is 1. The average molecular weight is 646 g/mol. The zero-order chi connectivity index (χ0) is 32.7. The van der Waals surface area contributed by atoms with E-state index in [9.17, 15) is 18.0 Å². The molecule has 11 nitrogen and oxygen atoms in total. The van der Waals surface area contributed by atoms with Crippen LogP contribution in [0.5, 0.6) is 5.75 Å². The van der Waals surface area contributed by atoms with Crippen LogP contribution in [0.15, 0.2) is 73.1 Å². The summed E-state index contributed by atoms with van der Waals surface area (Å²) in [6, 6.07) is 19.0. The maximum absolute atomic E-state index is 13.3. The van der Waals surface area contributed by atoms with Gasteiger partial charge in [0.1, 0.15) is 11.6 Å². The van der Waals surface area contributed by atoms with Crippen LogP contribution in [0, 0.1) is 13.8 Å². The predicted molar refractivity (Wildman–Crippen MR) is 176 cm³/mol. The van der Waals surface area contributed by atoms with Gasteiger partial charge in [-0.05, 0) is 78.6 Å². The van der Waals surface area contributed by atoms with Crippen LogP contribution in [0.3, 0.4) is 0 Å². The molecule has 0 saturated carbocycles. The minimum absolute atomic E-state index is 0.101. The zero-order valence-electron chi connectivity index (χ0n) is 26.0. The van der Waals surface area contributed by atoms with Gasteiger partial charge in [-0.15, -0.1) is 0 Å². The normalized spacial score (nSPS) is 12.8. The number of aromatic nitrogens is 2. The minimum Gasteiger partial charge on any atom is -0.493 e. The number of aryl methyl sites for hydroxylation is 1. The van der Waals surface area contributed by atoms with Gasteiger partial charge in [0.25, 0.3) is 10.1 Å². The van der Waals surface area contributed by atoms with Crippen molar-refractivity contribution in [2.24, 2.45) is 0 Å². The number of carbonyl (C=O) groups excluding carboxylic acids is 2. The average Bonchev–Trinajstić information content (AvgIpc) is 3.50. The fourth-order valence-corrected chi connectivity index (χ4v) is 5.90. The lowest BCUT2D eigenvalue weighted by Crippen LogP contribution is -2.37. The third kappa shape index (κ3) is 8.52. The zero-order valence-corrected chi connectivity index (χ0v) is 26.8. The first-order valence-electron chi connectivity index (χ1n) is 15.3. The highest BCUT2D eigenvalue weighted by atomic mass is 32.2. The number of nitrogens with zero attached hydrogens (tertiary/aromatic N) is 3. The van der Waals surface area contributed by atoms with E-state index in [4.69, 9.17) is 9.29 Å². The van der Waals surface area contributed by atoms with Gasteiger partial charge in [-0.2, -0.15) is 13.5 Å². The maximum atomic E-state index is 13.3. The Kier molecular flexibility index (Phi) is 10.4. The standard InChI is InChI=1S/C34H39N5O6S/c1-24-8-3-14-32(25(24)2)45-17-7-15-33(40)39-16-6-12-30-29(11-5-13-31(30)39)28-20-37-38(22-28)21-27-10-4-9-26(18-27)19-35-34(41)36-23-46(42,43)44/h3-5,8-11,13-14,18,20,22H,6-7,12,15-17,19,21,23H2,1-2H3,(H2,35,36,41)(H,42,43,44). The molecule has 12 heteroatoms. The van der Waals surface area contributed by atoms with Crippen LogP contribution in [0.4, 0.5) is 10.5 Å². The summed E-state index contributed by atoms with van der Waals surface area (Å²) < 4.78 is 38.2. The summed E-state index contributed by atoms with van der Waals surface area (Å²) in [5.41, 5.74) is 8.25. The Morgan fingerprint density at radius 1 is 1.02 bits per heavy atom. The molecule has 46 heavy (non-hydrogen) atoms. The summed E-state index contributed by atoms with van der Waals surface area (Å²) in [6.07, 6.45) is 6.65. The highest BCUT2D eigenvalue weighted by Gasteiger charge is 2.25. The van der Waals surface area contributed by atoms with Crippen LogP contribution in [-0.4, -0.2) is 53.7 Å². The van der Waals surface area contributed by atoms with Crippen molar-refractivity contribution in [2.45, 2.75) is 52.6 Å². The molecule has 0 bridgehead atoms. The number of ether oxygens (including phenoxy) is 1. The van der Waals surface area contributed by atoms with Crippen LogP contribution in [-0.2, 0) is 34.4 Å². The van der Waals surface area contributed by atoms with Gasteiger partial charge in [-0.25, -0.2) is 4.79 Å². The predicted octanol–water partition coefficient (Wildman–Crippen LogP) is 5.00. The molecular weight excluding hydrogens is 606 g/mol. The van der Waals surface area contributed by atoms with Gasteiger partial charge < -0.3 is 20.3 Å². The topological polar surface area (TPSA) is 143 Å². The number of hydrogen-bond acceptors (Lipinski definition) is 6. The lowest BCUT2D eigenvalue weighted by atomic mass is 9.93. The number of fused-ring (bicyclic) bond motifs is 1. The maximum Gasteiger partial charge on any atom is 0.315 e. The van der Waals surface area contributed by atoms with Gasteiger partial charge in [-0.3, -0.25) is 14.0 Å². The van der Waals surface area contributed by atoms with Crippen molar-refractivity contribution in [3.8, 4) is 16.9 Å². The number of nitrogens with one attached hydrogen (secondary N) is 2. The van der Waals surface area contributed by atoms with E-state index in [1.54, 1.807) is 0 Å². The van der Waals surface area contributed by atoms with E-state index in [2.05, 4.69) is 34.8 Å². The quantitative estimate of drug-likeness (QED) is 0.145. The summed E-state index contributed by atoms with van der Waals surface area (Å²) in [5, 5.41) is 9.25. The summed E-state index contributed by atoms with van der Waals surface area (Å²) in [6.45, 7) is 5.98. The summed E-state index contributed by atoms with van der Waals surface area (Å²) in [4.78, 5) is 27.1. The van der Waals surface area contributed by atoms with Crippen LogP contribution < -0.4 is 20.3 Å². The Labute approximate surface area is 269 Å². The Balaban J connectivity index is 1.19. The number of carbonyl (C=O) groups is 2. The van der Waals surface area contributed by atoms with E-state index < -0.39 is 22.0 Å². The first-order valence-corrected chi connectivity index (χ1v) is 16.9. The molecule has 0 saturated heterocycles.